The molecule has 1 aromatic heterocycles. The van der Waals surface area contributed by atoms with Crippen molar-refractivity contribution < 1.29 is 27.5 Å². The fourth-order valence-corrected chi connectivity index (χ4v) is 2.77. The van der Waals surface area contributed by atoms with Gasteiger partial charge in [0.25, 0.3) is 5.91 Å². The zero-order chi connectivity index (χ0) is 20.5. The van der Waals surface area contributed by atoms with Crippen molar-refractivity contribution >= 4 is 23.3 Å². The highest BCUT2D eigenvalue weighted by atomic mass is 19.4. The fraction of sp³-hybridized carbons (Fsp3) is 0.333. The SMILES string of the molecule is COC(=O)c1c(C)[nH]c(C(=O)Nc2cc(C(F)(F)F)ccc2N(C)C)c1C. The summed E-state index contributed by atoms with van der Waals surface area (Å²) in [7, 11) is 4.52. The van der Waals surface area contributed by atoms with Crippen molar-refractivity contribution in [3.63, 3.8) is 0 Å². The van der Waals surface area contributed by atoms with Crippen molar-refractivity contribution in [2.24, 2.45) is 0 Å². The summed E-state index contributed by atoms with van der Waals surface area (Å²) in [6.07, 6.45) is -4.54. The molecular weight excluding hydrogens is 363 g/mol. The van der Waals surface area contributed by atoms with E-state index >= 15 is 0 Å². The highest BCUT2D eigenvalue weighted by molar-refractivity contribution is 6.08. The molecule has 146 valence electrons. The Bertz CT molecular complexity index is 886. The van der Waals surface area contributed by atoms with Gasteiger partial charge in [-0.15, -0.1) is 0 Å². The first-order chi connectivity index (χ1) is 12.5. The molecule has 0 aliphatic heterocycles. The van der Waals surface area contributed by atoms with E-state index < -0.39 is 23.6 Å². The predicted octanol–water partition coefficient (Wildman–Crippen LogP) is 3.76. The molecule has 2 aromatic rings. The number of aromatic nitrogens is 1. The van der Waals surface area contributed by atoms with Crippen LogP contribution in [0.5, 0.6) is 0 Å². The zero-order valence-corrected chi connectivity index (χ0v) is 15.5. The molecule has 0 bridgehead atoms. The van der Waals surface area contributed by atoms with Crippen LogP contribution in [-0.4, -0.2) is 38.1 Å². The zero-order valence-electron chi connectivity index (χ0n) is 15.5. The van der Waals surface area contributed by atoms with Crippen molar-refractivity contribution in [3.05, 3.63) is 46.3 Å². The van der Waals surface area contributed by atoms with Crippen molar-refractivity contribution in [3.8, 4) is 0 Å². The Morgan fingerprint density at radius 2 is 1.81 bits per heavy atom. The first-order valence-electron chi connectivity index (χ1n) is 7.94. The van der Waals surface area contributed by atoms with E-state index in [-0.39, 0.29) is 16.9 Å². The molecule has 9 heteroatoms. The number of alkyl halides is 3. The van der Waals surface area contributed by atoms with Crippen LogP contribution in [0.2, 0.25) is 0 Å². The molecular formula is C18H20F3N3O3. The second-order valence-electron chi connectivity index (χ2n) is 6.19. The normalized spacial score (nSPS) is 11.3. The van der Waals surface area contributed by atoms with Crippen LogP contribution in [0.1, 0.15) is 37.7 Å². The van der Waals surface area contributed by atoms with Gasteiger partial charge in [0, 0.05) is 19.8 Å². The maximum atomic E-state index is 13.0. The molecule has 0 radical (unpaired) electrons. The Kier molecular flexibility index (Phi) is 5.53. The number of hydrogen-bond acceptors (Lipinski definition) is 4. The van der Waals surface area contributed by atoms with Crippen LogP contribution < -0.4 is 10.2 Å². The average molecular weight is 383 g/mol. The molecule has 1 aromatic carbocycles. The highest BCUT2D eigenvalue weighted by Crippen LogP contribution is 2.35. The van der Waals surface area contributed by atoms with Gasteiger partial charge in [0.2, 0.25) is 0 Å². The van der Waals surface area contributed by atoms with Gasteiger partial charge in [-0.2, -0.15) is 13.2 Å². The molecule has 0 saturated carbocycles. The topological polar surface area (TPSA) is 74.4 Å². The summed E-state index contributed by atoms with van der Waals surface area (Å²) in [5.41, 5.74) is 0.626. The number of amides is 1. The maximum Gasteiger partial charge on any atom is 0.416 e. The number of hydrogen-bond donors (Lipinski definition) is 2. The van der Waals surface area contributed by atoms with Crippen LogP contribution in [0.25, 0.3) is 0 Å². The van der Waals surface area contributed by atoms with Crippen LogP contribution >= 0.6 is 0 Å². The third kappa shape index (κ3) is 4.07. The number of esters is 1. The van der Waals surface area contributed by atoms with Crippen LogP contribution in [0.4, 0.5) is 24.5 Å². The molecule has 0 fully saturated rings. The summed E-state index contributed by atoms with van der Waals surface area (Å²) < 4.78 is 43.8. The van der Waals surface area contributed by atoms with Crippen LogP contribution in [0, 0.1) is 13.8 Å². The van der Waals surface area contributed by atoms with Crippen molar-refractivity contribution in [1.29, 1.82) is 0 Å². The van der Waals surface area contributed by atoms with Gasteiger partial charge in [-0.05, 0) is 37.6 Å². The molecule has 0 unspecified atom stereocenters. The summed E-state index contributed by atoms with van der Waals surface area (Å²) in [5.74, 6) is -1.26. The number of carbonyl (C=O) groups excluding carboxylic acids is 2. The second-order valence-corrected chi connectivity index (χ2v) is 6.19. The van der Waals surface area contributed by atoms with E-state index in [0.29, 0.717) is 16.9 Å². The van der Waals surface area contributed by atoms with Crippen LogP contribution in [0.3, 0.4) is 0 Å². The number of nitrogens with zero attached hydrogens (tertiary/aromatic N) is 1. The highest BCUT2D eigenvalue weighted by Gasteiger charge is 2.31. The number of ether oxygens (including phenoxy) is 1. The van der Waals surface area contributed by atoms with Crippen LogP contribution in [-0.2, 0) is 10.9 Å². The van der Waals surface area contributed by atoms with Crippen molar-refractivity contribution in [1.82, 2.24) is 4.98 Å². The number of aryl methyl sites for hydroxylation is 1. The Morgan fingerprint density at radius 3 is 2.33 bits per heavy atom. The molecule has 0 spiro atoms. The van der Waals surface area contributed by atoms with Gasteiger partial charge in [0.15, 0.2) is 0 Å². The van der Waals surface area contributed by atoms with E-state index in [9.17, 15) is 22.8 Å². The lowest BCUT2D eigenvalue weighted by Gasteiger charge is -2.19. The lowest BCUT2D eigenvalue weighted by Crippen LogP contribution is -2.19. The first kappa shape index (κ1) is 20.3. The largest absolute Gasteiger partial charge is 0.465 e. The summed E-state index contributed by atoms with van der Waals surface area (Å²) in [6.45, 7) is 3.16. The third-order valence-corrected chi connectivity index (χ3v) is 4.11. The van der Waals surface area contributed by atoms with E-state index in [1.54, 1.807) is 32.8 Å². The van der Waals surface area contributed by atoms with Gasteiger partial charge in [-0.1, -0.05) is 0 Å². The number of methoxy groups -OCH3 is 1. The first-order valence-corrected chi connectivity index (χ1v) is 7.94. The lowest BCUT2D eigenvalue weighted by molar-refractivity contribution is -0.137. The molecule has 1 amide bonds. The summed E-state index contributed by atoms with van der Waals surface area (Å²) >= 11 is 0. The number of carbonyl (C=O) groups is 2. The summed E-state index contributed by atoms with van der Waals surface area (Å²) in [5, 5.41) is 2.50. The van der Waals surface area contributed by atoms with Gasteiger partial charge in [0.1, 0.15) is 5.69 Å². The van der Waals surface area contributed by atoms with Gasteiger partial charge in [-0.3, -0.25) is 4.79 Å². The Hall–Kier alpha value is -2.97. The Labute approximate surface area is 154 Å². The van der Waals surface area contributed by atoms with Crippen LogP contribution in [0.15, 0.2) is 18.2 Å². The molecule has 2 rings (SSSR count). The number of nitrogens with one attached hydrogen (secondary N) is 2. The number of aromatic amines is 1. The number of anilines is 2. The average Bonchev–Trinajstić information content (AvgIpc) is 2.87. The summed E-state index contributed by atoms with van der Waals surface area (Å²) in [6, 6.07) is 3.11. The minimum Gasteiger partial charge on any atom is -0.465 e. The van der Waals surface area contributed by atoms with E-state index in [1.165, 1.54) is 13.2 Å². The fourth-order valence-electron chi connectivity index (χ4n) is 2.77. The molecule has 2 N–H and O–H groups in total. The number of rotatable bonds is 4. The van der Waals surface area contributed by atoms with Gasteiger partial charge < -0.3 is 19.9 Å². The van der Waals surface area contributed by atoms with E-state index in [0.717, 1.165) is 12.1 Å². The second kappa shape index (κ2) is 7.34. The summed E-state index contributed by atoms with van der Waals surface area (Å²) in [4.78, 5) is 28.9. The quantitative estimate of drug-likeness (QED) is 0.789. The van der Waals surface area contributed by atoms with Gasteiger partial charge in [0.05, 0.1) is 29.6 Å². The smallest absolute Gasteiger partial charge is 0.416 e. The van der Waals surface area contributed by atoms with Crippen molar-refractivity contribution in [2.45, 2.75) is 20.0 Å². The predicted molar refractivity (Wildman–Crippen MR) is 95.3 cm³/mol. The van der Waals surface area contributed by atoms with E-state index in [1.807, 2.05) is 0 Å². The lowest BCUT2D eigenvalue weighted by atomic mass is 10.1. The molecule has 6 nitrogen and oxygen atoms in total. The Balaban J connectivity index is 2.45. The minimum absolute atomic E-state index is 0.00564. The minimum atomic E-state index is -4.54. The Morgan fingerprint density at radius 1 is 1.19 bits per heavy atom. The molecule has 0 saturated heterocycles. The molecule has 0 aliphatic rings. The number of benzene rings is 1. The monoisotopic (exact) mass is 383 g/mol. The van der Waals surface area contributed by atoms with Gasteiger partial charge >= 0.3 is 12.1 Å². The van der Waals surface area contributed by atoms with Crippen molar-refractivity contribution in [2.75, 3.05) is 31.4 Å². The molecule has 0 aliphatic carbocycles. The third-order valence-electron chi connectivity index (χ3n) is 4.11. The maximum absolute atomic E-state index is 13.0. The standard InChI is InChI=1S/C18H20F3N3O3/c1-9-14(17(26)27-5)10(2)22-15(9)16(25)23-12-8-11(18(19,20)21)6-7-13(12)24(3)4/h6-8,22H,1-5H3,(H,23,25). The molecule has 27 heavy (non-hydrogen) atoms. The number of halogens is 3. The molecule has 1 heterocycles. The van der Waals surface area contributed by atoms with E-state index in [4.69, 9.17) is 4.74 Å². The number of H-pyrrole nitrogens is 1. The molecule has 0 atom stereocenters. The van der Waals surface area contributed by atoms with Gasteiger partial charge in [-0.25, -0.2) is 4.79 Å². The van der Waals surface area contributed by atoms with E-state index in [2.05, 4.69) is 10.3 Å².